The molecule has 0 radical (unpaired) electrons. The minimum atomic E-state index is -4.31. The minimum Gasteiger partial charge on any atom is -0.326 e. The fraction of sp³-hybridized carbons (Fsp3) is 0.533. The molecule has 2 rings (SSSR count). The summed E-state index contributed by atoms with van der Waals surface area (Å²) in [6, 6.07) is 5.20. The van der Waals surface area contributed by atoms with Gasteiger partial charge in [-0.05, 0) is 43.5 Å². The van der Waals surface area contributed by atoms with E-state index in [0.717, 1.165) is 10.0 Å². The van der Waals surface area contributed by atoms with Crippen molar-refractivity contribution < 1.29 is 18.0 Å². The molecule has 0 saturated heterocycles. The van der Waals surface area contributed by atoms with E-state index < -0.39 is 23.9 Å². The summed E-state index contributed by atoms with van der Waals surface area (Å²) in [6.45, 7) is 1.86. The van der Waals surface area contributed by atoms with Crippen molar-refractivity contribution in [1.82, 2.24) is 0 Å². The van der Waals surface area contributed by atoms with Gasteiger partial charge in [-0.3, -0.25) is 4.79 Å². The average molecular weight is 364 g/mol. The molecule has 21 heavy (non-hydrogen) atoms. The van der Waals surface area contributed by atoms with E-state index >= 15 is 0 Å². The highest BCUT2D eigenvalue weighted by molar-refractivity contribution is 9.10. The molecule has 1 fully saturated rings. The van der Waals surface area contributed by atoms with Gasteiger partial charge in [-0.25, -0.2) is 0 Å². The number of halogens is 4. The Balaban J connectivity index is 2.12. The number of nitrogens with one attached hydrogen (secondary N) is 1. The molecule has 2 nitrogen and oxygen atoms in total. The molecule has 1 aromatic rings. The van der Waals surface area contributed by atoms with E-state index in [1.54, 1.807) is 18.2 Å². The van der Waals surface area contributed by atoms with Gasteiger partial charge in [0, 0.05) is 16.1 Å². The van der Waals surface area contributed by atoms with Gasteiger partial charge in [0.15, 0.2) is 0 Å². The summed E-state index contributed by atoms with van der Waals surface area (Å²) < 4.78 is 40.0. The van der Waals surface area contributed by atoms with Crippen LogP contribution in [0.15, 0.2) is 22.7 Å². The Morgan fingerprint density at radius 2 is 1.95 bits per heavy atom. The lowest BCUT2D eigenvalue weighted by atomic mass is 9.78. The third-order valence-electron chi connectivity index (χ3n) is 3.95. The van der Waals surface area contributed by atoms with Crippen LogP contribution in [0, 0.1) is 18.8 Å². The number of amides is 1. The Bertz CT molecular complexity index is 530. The largest absolute Gasteiger partial charge is 0.392 e. The topological polar surface area (TPSA) is 29.1 Å². The molecular weight excluding hydrogens is 347 g/mol. The predicted molar refractivity (Wildman–Crippen MR) is 79.0 cm³/mol. The quantitative estimate of drug-likeness (QED) is 0.781. The summed E-state index contributed by atoms with van der Waals surface area (Å²) in [4.78, 5) is 12.2. The van der Waals surface area contributed by atoms with Gasteiger partial charge in [-0.2, -0.15) is 13.2 Å². The van der Waals surface area contributed by atoms with Crippen LogP contribution in [0.1, 0.15) is 31.2 Å². The Morgan fingerprint density at radius 3 is 2.57 bits per heavy atom. The summed E-state index contributed by atoms with van der Waals surface area (Å²) in [5, 5.41) is 2.62. The van der Waals surface area contributed by atoms with Crippen LogP contribution in [0.3, 0.4) is 0 Å². The van der Waals surface area contributed by atoms with E-state index in [2.05, 4.69) is 21.2 Å². The molecule has 0 bridgehead atoms. The molecule has 1 aliphatic rings. The zero-order valence-electron chi connectivity index (χ0n) is 11.6. The zero-order chi connectivity index (χ0) is 15.6. The van der Waals surface area contributed by atoms with Gasteiger partial charge in [0.25, 0.3) is 0 Å². The van der Waals surface area contributed by atoms with Gasteiger partial charge in [0.05, 0.1) is 5.92 Å². The Kier molecular flexibility index (Phi) is 4.96. The number of hydrogen-bond donors (Lipinski definition) is 1. The summed E-state index contributed by atoms with van der Waals surface area (Å²) >= 11 is 3.35. The van der Waals surface area contributed by atoms with E-state index in [4.69, 9.17) is 0 Å². The van der Waals surface area contributed by atoms with Crippen LogP contribution < -0.4 is 5.32 Å². The van der Waals surface area contributed by atoms with Gasteiger partial charge in [0.1, 0.15) is 0 Å². The van der Waals surface area contributed by atoms with Crippen molar-refractivity contribution in [2.45, 2.75) is 38.8 Å². The van der Waals surface area contributed by atoms with Crippen molar-refractivity contribution >= 4 is 27.5 Å². The molecule has 1 amide bonds. The number of rotatable bonds is 2. The number of carbonyl (C=O) groups excluding carboxylic acids is 1. The third kappa shape index (κ3) is 3.99. The van der Waals surface area contributed by atoms with E-state index in [1.807, 2.05) is 6.92 Å². The standard InChI is InChI=1S/C15H17BrF3NO/c1-9-8-10(6-7-13(9)16)20-14(21)11-4-2-3-5-12(11)15(17,18)19/h6-8,11-12H,2-5H2,1H3,(H,20,21). The second-order valence-electron chi connectivity index (χ2n) is 5.49. The first-order chi connectivity index (χ1) is 9.79. The molecule has 1 aliphatic carbocycles. The molecule has 2 atom stereocenters. The lowest BCUT2D eigenvalue weighted by Gasteiger charge is -2.32. The van der Waals surface area contributed by atoms with Gasteiger partial charge in [-0.15, -0.1) is 0 Å². The first-order valence-electron chi connectivity index (χ1n) is 6.93. The highest BCUT2D eigenvalue weighted by atomic mass is 79.9. The van der Waals surface area contributed by atoms with Crippen molar-refractivity contribution in [3.63, 3.8) is 0 Å². The Labute approximate surface area is 130 Å². The highest BCUT2D eigenvalue weighted by Gasteiger charge is 2.48. The van der Waals surface area contributed by atoms with E-state index in [-0.39, 0.29) is 6.42 Å². The summed E-state index contributed by atoms with van der Waals surface area (Å²) in [5.41, 5.74) is 1.45. The molecule has 1 aromatic carbocycles. The van der Waals surface area contributed by atoms with Crippen LogP contribution in [-0.2, 0) is 4.79 Å². The first kappa shape index (κ1) is 16.3. The molecule has 1 saturated carbocycles. The van der Waals surface area contributed by atoms with Gasteiger partial charge >= 0.3 is 6.18 Å². The van der Waals surface area contributed by atoms with E-state index in [0.29, 0.717) is 24.9 Å². The summed E-state index contributed by atoms with van der Waals surface area (Å²) in [6.07, 6.45) is -2.76. The molecule has 0 aromatic heterocycles. The second kappa shape index (κ2) is 6.38. The monoisotopic (exact) mass is 363 g/mol. The first-order valence-corrected chi connectivity index (χ1v) is 7.72. The van der Waals surface area contributed by atoms with Gasteiger partial charge in [-0.1, -0.05) is 28.8 Å². The van der Waals surface area contributed by atoms with Gasteiger partial charge in [0.2, 0.25) is 5.91 Å². The van der Waals surface area contributed by atoms with Crippen LogP contribution in [0.4, 0.5) is 18.9 Å². The molecule has 6 heteroatoms. The van der Waals surface area contributed by atoms with Crippen LogP contribution in [0.2, 0.25) is 0 Å². The number of alkyl halides is 3. The molecular formula is C15H17BrF3NO. The number of carbonyl (C=O) groups is 1. The molecule has 0 aliphatic heterocycles. The number of benzene rings is 1. The highest BCUT2D eigenvalue weighted by Crippen LogP contribution is 2.41. The maximum atomic E-state index is 13.0. The summed E-state index contributed by atoms with van der Waals surface area (Å²) in [5.74, 6) is -3.04. The molecule has 0 heterocycles. The maximum Gasteiger partial charge on any atom is 0.392 e. The van der Waals surface area contributed by atoms with Crippen LogP contribution >= 0.6 is 15.9 Å². The third-order valence-corrected chi connectivity index (χ3v) is 4.84. The Morgan fingerprint density at radius 1 is 1.29 bits per heavy atom. The molecule has 1 N–H and O–H groups in total. The average Bonchev–Trinajstić information content (AvgIpc) is 2.42. The van der Waals surface area contributed by atoms with Crippen molar-refractivity contribution in [3.8, 4) is 0 Å². The normalized spacial score (nSPS) is 22.9. The fourth-order valence-corrected chi connectivity index (χ4v) is 3.04. The van der Waals surface area contributed by atoms with Crippen LogP contribution in [0.5, 0.6) is 0 Å². The fourth-order valence-electron chi connectivity index (χ4n) is 2.79. The Hall–Kier alpha value is -1.04. The van der Waals surface area contributed by atoms with Gasteiger partial charge < -0.3 is 5.32 Å². The number of aryl methyl sites for hydroxylation is 1. The second-order valence-corrected chi connectivity index (χ2v) is 6.35. The number of hydrogen-bond acceptors (Lipinski definition) is 1. The SMILES string of the molecule is Cc1cc(NC(=O)C2CCCCC2C(F)(F)F)ccc1Br. The lowest BCUT2D eigenvalue weighted by molar-refractivity contribution is -0.197. The number of anilines is 1. The van der Waals surface area contributed by atoms with Crippen LogP contribution in [-0.4, -0.2) is 12.1 Å². The lowest BCUT2D eigenvalue weighted by Crippen LogP contribution is -2.39. The maximum absolute atomic E-state index is 13.0. The smallest absolute Gasteiger partial charge is 0.326 e. The van der Waals surface area contributed by atoms with Crippen molar-refractivity contribution in [1.29, 1.82) is 0 Å². The van der Waals surface area contributed by atoms with Crippen molar-refractivity contribution in [2.24, 2.45) is 11.8 Å². The molecule has 0 spiro atoms. The van der Waals surface area contributed by atoms with E-state index in [1.165, 1.54) is 0 Å². The van der Waals surface area contributed by atoms with Crippen molar-refractivity contribution in [3.05, 3.63) is 28.2 Å². The van der Waals surface area contributed by atoms with Crippen molar-refractivity contribution in [2.75, 3.05) is 5.32 Å². The summed E-state index contributed by atoms with van der Waals surface area (Å²) in [7, 11) is 0. The zero-order valence-corrected chi connectivity index (χ0v) is 13.2. The van der Waals surface area contributed by atoms with Crippen LogP contribution in [0.25, 0.3) is 0 Å². The molecule has 2 unspecified atom stereocenters. The molecule has 116 valence electrons. The van der Waals surface area contributed by atoms with E-state index in [9.17, 15) is 18.0 Å². The predicted octanol–water partition coefficient (Wildman–Crippen LogP) is 5.06. The minimum absolute atomic E-state index is 0.0426.